The topological polar surface area (TPSA) is 74.8 Å². The Morgan fingerprint density at radius 1 is 1.62 bits per heavy atom. The highest BCUT2D eigenvalue weighted by Crippen LogP contribution is 2.37. The zero-order chi connectivity index (χ0) is 11.8. The number of imidazole rings is 1. The maximum Gasteiger partial charge on any atom is 0.258 e. The van der Waals surface area contributed by atoms with E-state index in [2.05, 4.69) is 14.7 Å². The molecule has 0 saturated heterocycles. The van der Waals surface area contributed by atoms with E-state index in [-0.39, 0.29) is 5.03 Å². The van der Waals surface area contributed by atoms with Crippen LogP contribution in [0.4, 0.5) is 0 Å². The molecule has 0 spiro atoms. The Kier molecular flexibility index (Phi) is 2.98. The van der Waals surface area contributed by atoms with Crippen LogP contribution in [-0.4, -0.2) is 29.8 Å². The van der Waals surface area contributed by atoms with Crippen LogP contribution in [0.2, 0.25) is 0 Å². The van der Waals surface area contributed by atoms with Crippen LogP contribution in [0.15, 0.2) is 11.2 Å². The van der Waals surface area contributed by atoms with Crippen molar-refractivity contribution in [2.24, 2.45) is 0 Å². The average molecular weight is 264 g/mol. The second-order valence-corrected chi connectivity index (χ2v) is 5.99. The first-order valence-corrected chi connectivity index (χ1v) is 7.17. The summed E-state index contributed by atoms with van der Waals surface area (Å²) in [5.74, 6) is 0.970. The van der Waals surface area contributed by atoms with Gasteiger partial charge in [0, 0.05) is 17.8 Å². The van der Waals surface area contributed by atoms with Gasteiger partial charge in [-0.25, -0.2) is 18.1 Å². The lowest BCUT2D eigenvalue weighted by molar-refractivity contribution is 0.556. The molecule has 0 unspecified atom stereocenters. The second kappa shape index (κ2) is 4.01. The number of sulfonamides is 1. The van der Waals surface area contributed by atoms with E-state index in [0.717, 1.165) is 12.8 Å². The van der Waals surface area contributed by atoms with Crippen molar-refractivity contribution in [1.82, 2.24) is 14.7 Å². The number of hydrogen-bond acceptors (Lipinski definition) is 3. The number of rotatable bonds is 5. The quantitative estimate of drug-likeness (QED) is 0.779. The van der Waals surface area contributed by atoms with E-state index in [0.29, 0.717) is 18.1 Å². The largest absolute Gasteiger partial charge is 0.332 e. The van der Waals surface area contributed by atoms with Gasteiger partial charge < -0.3 is 4.98 Å². The van der Waals surface area contributed by atoms with Gasteiger partial charge in [0.1, 0.15) is 5.82 Å². The third kappa shape index (κ3) is 2.23. The fourth-order valence-electron chi connectivity index (χ4n) is 1.41. The van der Waals surface area contributed by atoms with Crippen LogP contribution in [-0.2, 0) is 16.4 Å². The fraction of sp³-hybridized carbons (Fsp3) is 0.667. The first-order valence-electron chi connectivity index (χ1n) is 5.15. The molecule has 1 saturated carbocycles. The molecule has 90 valence electrons. The molecule has 7 heteroatoms. The van der Waals surface area contributed by atoms with Gasteiger partial charge in [0.15, 0.2) is 5.03 Å². The SMILES string of the molecule is CCc1ncc(S(=O)(=O)NC2(CCl)CC2)[nH]1. The number of halogens is 1. The van der Waals surface area contributed by atoms with Crippen molar-refractivity contribution in [3.63, 3.8) is 0 Å². The summed E-state index contributed by atoms with van der Waals surface area (Å²) >= 11 is 5.73. The minimum absolute atomic E-state index is 0.112. The highest BCUT2D eigenvalue weighted by Gasteiger charge is 2.45. The molecule has 1 heterocycles. The lowest BCUT2D eigenvalue weighted by Gasteiger charge is -2.12. The van der Waals surface area contributed by atoms with E-state index in [1.165, 1.54) is 6.20 Å². The molecule has 1 aliphatic carbocycles. The number of H-pyrrole nitrogens is 1. The van der Waals surface area contributed by atoms with Crippen molar-refractivity contribution in [3.8, 4) is 0 Å². The van der Waals surface area contributed by atoms with Crippen LogP contribution in [0.3, 0.4) is 0 Å². The summed E-state index contributed by atoms with van der Waals surface area (Å²) in [5.41, 5.74) is -0.433. The molecular weight excluding hydrogens is 250 g/mol. The van der Waals surface area contributed by atoms with Gasteiger partial charge in [-0.15, -0.1) is 11.6 Å². The van der Waals surface area contributed by atoms with Gasteiger partial charge in [-0.2, -0.15) is 0 Å². The van der Waals surface area contributed by atoms with Gasteiger partial charge in [-0.05, 0) is 12.8 Å². The molecule has 1 aromatic heterocycles. The number of aromatic amines is 1. The Bertz CT molecular complexity index is 479. The second-order valence-electron chi connectivity index (χ2n) is 4.07. The van der Waals surface area contributed by atoms with Crippen LogP contribution in [0.5, 0.6) is 0 Å². The molecule has 0 aliphatic heterocycles. The van der Waals surface area contributed by atoms with Crippen LogP contribution >= 0.6 is 11.6 Å². The third-order valence-corrected chi connectivity index (χ3v) is 4.69. The molecule has 1 aliphatic rings. The molecule has 1 aromatic rings. The smallest absolute Gasteiger partial charge is 0.258 e. The molecule has 5 nitrogen and oxygen atoms in total. The Hall–Kier alpha value is -0.590. The summed E-state index contributed by atoms with van der Waals surface area (Å²) in [6, 6.07) is 0. The van der Waals surface area contributed by atoms with E-state index in [9.17, 15) is 8.42 Å². The molecular formula is C9H14ClN3O2S. The molecule has 16 heavy (non-hydrogen) atoms. The van der Waals surface area contributed by atoms with E-state index >= 15 is 0 Å². The van der Waals surface area contributed by atoms with Crippen molar-refractivity contribution >= 4 is 21.6 Å². The number of alkyl halides is 1. The van der Waals surface area contributed by atoms with Crippen molar-refractivity contribution in [2.75, 3.05) is 5.88 Å². The van der Waals surface area contributed by atoms with E-state index < -0.39 is 15.6 Å². The van der Waals surface area contributed by atoms with Gasteiger partial charge >= 0.3 is 0 Å². The van der Waals surface area contributed by atoms with Crippen molar-refractivity contribution < 1.29 is 8.42 Å². The summed E-state index contributed by atoms with van der Waals surface area (Å²) in [7, 11) is -3.51. The third-order valence-electron chi connectivity index (χ3n) is 2.69. The maximum absolute atomic E-state index is 11.9. The zero-order valence-electron chi connectivity index (χ0n) is 8.96. The first-order chi connectivity index (χ1) is 7.51. The Labute approximate surface area is 99.7 Å². The molecule has 1 fully saturated rings. The first kappa shape index (κ1) is 11.9. The molecule has 0 amide bonds. The average Bonchev–Trinajstić information content (AvgIpc) is 2.82. The molecule has 0 atom stereocenters. The summed E-state index contributed by atoms with van der Waals surface area (Å²) < 4.78 is 26.5. The van der Waals surface area contributed by atoms with E-state index in [1.54, 1.807) is 0 Å². The number of nitrogens with zero attached hydrogens (tertiary/aromatic N) is 1. The van der Waals surface area contributed by atoms with Crippen molar-refractivity contribution in [1.29, 1.82) is 0 Å². The summed E-state index contributed by atoms with van der Waals surface area (Å²) in [6.07, 6.45) is 3.61. The van der Waals surface area contributed by atoms with Gasteiger partial charge in [0.25, 0.3) is 10.0 Å². The van der Waals surface area contributed by atoms with Crippen LogP contribution in [0.1, 0.15) is 25.6 Å². The number of hydrogen-bond donors (Lipinski definition) is 2. The summed E-state index contributed by atoms with van der Waals surface area (Å²) in [4.78, 5) is 6.74. The fourth-order valence-corrected chi connectivity index (χ4v) is 3.23. The maximum atomic E-state index is 11.9. The van der Waals surface area contributed by atoms with E-state index in [4.69, 9.17) is 11.6 Å². The van der Waals surface area contributed by atoms with Gasteiger partial charge in [-0.3, -0.25) is 0 Å². The summed E-state index contributed by atoms with van der Waals surface area (Å²) in [6.45, 7) is 1.91. The van der Waals surface area contributed by atoms with Crippen LogP contribution < -0.4 is 4.72 Å². The van der Waals surface area contributed by atoms with Gasteiger partial charge in [0.2, 0.25) is 0 Å². The molecule has 0 bridgehead atoms. The normalized spacial score (nSPS) is 18.6. The van der Waals surface area contributed by atoms with Crippen LogP contribution in [0, 0.1) is 0 Å². The molecule has 2 N–H and O–H groups in total. The Morgan fingerprint density at radius 3 is 2.75 bits per heavy atom. The Morgan fingerprint density at radius 2 is 2.31 bits per heavy atom. The minimum Gasteiger partial charge on any atom is -0.332 e. The lowest BCUT2D eigenvalue weighted by Crippen LogP contribution is -2.38. The predicted molar refractivity (Wildman–Crippen MR) is 61.0 cm³/mol. The van der Waals surface area contributed by atoms with Gasteiger partial charge in [-0.1, -0.05) is 6.92 Å². The standard InChI is InChI=1S/C9H14ClN3O2S/c1-2-7-11-5-8(12-7)16(14,15)13-9(6-10)3-4-9/h5,13H,2-4,6H2,1H3,(H,11,12). The van der Waals surface area contributed by atoms with Crippen LogP contribution in [0.25, 0.3) is 0 Å². The molecule has 2 rings (SSSR count). The number of aryl methyl sites for hydroxylation is 1. The molecule has 0 aromatic carbocycles. The Balaban J connectivity index is 2.19. The summed E-state index contributed by atoms with van der Waals surface area (Å²) in [5, 5.41) is 0.112. The van der Waals surface area contributed by atoms with Crippen molar-refractivity contribution in [2.45, 2.75) is 36.8 Å². The van der Waals surface area contributed by atoms with E-state index in [1.807, 2.05) is 6.92 Å². The monoisotopic (exact) mass is 263 g/mol. The number of nitrogens with one attached hydrogen (secondary N) is 2. The molecule has 0 radical (unpaired) electrons. The zero-order valence-corrected chi connectivity index (χ0v) is 10.5. The number of aromatic nitrogens is 2. The predicted octanol–water partition coefficient (Wildman–Crippen LogP) is 1.02. The van der Waals surface area contributed by atoms with Crippen molar-refractivity contribution in [3.05, 3.63) is 12.0 Å². The lowest BCUT2D eigenvalue weighted by atomic mass is 10.4. The highest BCUT2D eigenvalue weighted by molar-refractivity contribution is 7.89. The highest BCUT2D eigenvalue weighted by atomic mass is 35.5. The van der Waals surface area contributed by atoms with Gasteiger partial charge in [0.05, 0.1) is 6.20 Å². The minimum atomic E-state index is -3.51.